The summed E-state index contributed by atoms with van der Waals surface area (Å²) in [5, 5.41) is 3.11. The van der Waals surface area contributed by atoms with Gasteiger partial charge < -0.3 is 15.8 Å². The van der Waals surface area contributed by atoms with Crippen molar-refractivity contribution >= 4 is 17.3 Å². The minimum absolute atomic E-state index is 0.270. The molecule has 0 amide bonds. The number of hydrogen-bond donors (Lipinski definition) is 2. The molecule has 0 bridgehead atoms. The molecule has 56 valence electrons. The Morgan fingerprint density at radius 2 is 2.60 bits per heavy atom. The van der Waals surface area contributed by atoms with Gasteiger partial charge in [0.1, 0.15) is 0 Å². The van der Waals surface area contributed by atoms with Gasteiger partial charge in [-0.15, -0.1) is 0 Å². The molecule has 1 atom stereocenters. The molecule has 0 saturated carbocycles. The lowest BCUT2D eigenvalue weighted by Gasteiger charge is -2.24. The highest BCUT2D eigenvalue weighted by Gasteiger charge is 2.26. The van der Waals surface area contributed by atoms with E-state index in [2.05, 4.69) is 17.5 Å². The van der Waals surface area contributed by atoms with E-state index in [1.165, 1.54) is 0 Å². The second kappa shape index (κ2) is 2.46. The van der Waals surface area contributed by atoms with Gasteiger partial charge in [0.2, 0.25) is 0 Å². The molecule has 0 spiro atoms. The molecule has 0 aromatic rings. The van der Waals surface area contributed by atoms with E-state index in [0.29, 0.717) is 0 Å². The fourth-order valence-electron chi connectivity index (χ4n) is 0.861. The van der Waals surface area contributed by atoms with Crippen LogP contribution in [0.1, 0.15) is 13.3 Å². The average Bonchev–Trinajstić information content (AvgIpc) is 2.12. The maximum Gasteiger partial charge on any atom is 0.182 e. The third kappa shape index (κ3) is 1.60. The molecule has 0 aromatic heterocycles. The van der Waals surface area contributed by atoms with E-state index in [-0.39, 0.29) is 5.11 Å². The van der Waals surface area contributed by atoms with Gasteiger partial charge in [-0.1, -0.05) is 0 Å². The minimum Gasteiger partial charge on any atom is -0.476 e. The van der Waals surface area contributed by atoms with Crippen LogP contribution in [0.4, 0.5) is 0 Å². The molecule has 0 aliphatic carbocycles. The minimum atomic E-state index is -0.411. The van der Waals surface area contributed by atoms with Gasteiger partial charge in [0, 0.05) is 6.42 Å². The molecule has 1 aliphatic heterocycles. The molecular formula is C6H10N2OS. The number of ether oxygens (including phenoxy) is 1. The molecule has 0 radical (unpaired) electrons. The summed E-state index contributed by atoms with van der Waals surface area (Å²) in [5.74, 6) is 0. The quantitative estimate of drug-likeness (QED) is 0.545. The van der Waals surface area contributed by atoms with E-state index >= 15 is 0 Å². The van der Waals surface area contributed by atoms with Crippen LogP contribution in [-0.2, 0) is 4.74 Å². The zero-order chi connectivity index (χ0) is 7.61. The Bertz CT molecular complexity index is 171. The molecule has 1 heterocycles. The van der Waals surface area contributed by atoms with Gasteiger partial charge >= 0.3 is 0 Å². The van der Waals surface area contributed by atoms with E-state index < -0.39 is 5.72 Å². The van der Waals surface area contributed by atoms with Crippen molar-refractivity contribution in [3.05, 3.63) is 12.3 Å². The van der Waals surface area contributed by atoms with Crippen molar-refractivity contribution in [1.82, 2.24) is 5.32 Å². The molecule has 0 fully saturated rings. The summed E-state index contributed by atoms with van der Waals surface area (Å²) in [4.78, 5) is 0. The largest absolute Gasteiger partial charge is 0.476 e. The summed E-state index contributed by atoms with van der Waals surface area (Å²) in [6.07, 6.45) is 4.36. The topological polar surface area (TPSA) is 47.3 Å². The number of hydrogen-bond acceptors (Lipinski definition) is 2. The molecule has 0 aromatic carbocycles. The van der Waals surface area contributed by atoms with Gasteiger partial charge in [0.05, 0.1) is 6.26 Å². The van der Waals surface area contributed by atoms with Gasteiger partial charge in [0.25, 0.3) is 0 Å². The highest BCUT2D eigenvalue weighted by Crippen LogP contribution is 2.18. The summed E-state index contributed by atoms with van der Waals surface area (Å²) in [6, 6.07) is 0. The van der Waals surface area contributed by atoms with Crippen molar-refractivity contribution in [3.63, 3.8) is 0 Å². The summed E-state index contributed by atoms with van der Waals surface area (Å²) >= 11 is 4.66. The zero-order valence-electron chi connectivity index (χ0n) is 5.76. The highest BCUT2D eigenvalue weighted by molar-refractivity contribution is 7.80. The van der Waals surface area contributed by atoms with Crippen LogP contribution in [0.2, 0.25) is 0 Å². The Labute approximate surface area is 65.2 Å². The van der Waals surface area contributed by atoms with Crippen LogP contribution < -0.4 is 11.1 Å². The van der Waals surface area contributed by atoms with Crippen LogP contribution in [0.5, 0.6) is 0 Å². The fourth-order valence-corrected chi connectivity index (χ4v) is 1.08. The van der Waals surface area contributed by atoms with Gasteiger partial charge in [-0.3, -0.25) is 0 Å². The first-order chi connectivity index (χ1) is 4.62. The van der Waals surface area contributed by atoms with Gasteiger partial charge in [-0.2, -0.15) is 0 Å². The number of rotatable bonds is 1. The summed E-state index contributed by atoms with van der Waals surface area (Å²) in [5.41, 5.74) is 4.86. The first-order valence-electron chi connectivity index (χ1n) is 3.03. The van der Waals surface area contributed by atoms with E-state index in [9.17, 15) is 0 Å². The molecule has 4 heteroatoms. The average molecular weight is 158 g/mol. The summed E-state index contributed by atoms with van der Waals surface area (Å²) in [7, 11) is 0. The smallest absolute Gasteiger partial charge is 0.182 e. The van der Waals surface area contributed by atoms with E-state index in [1.54, 1.807) is 6.26 Å². The van der Waals surface area contributed by atoms with Gasteiger partial charge in [-0.05, 0) is 25.2 Å². The van der Waals surface area contributed by atoms with Crippen LogP contribution in [-0.4, -0.2) is 10.8 Å². The Balaban J connectivity index is 2.46. The molecule has 1 rings (SSSR count). The monoisotopic (exact) mass is 158 g/mol. The van der Waals surface area contributed by atoms with Crippen LogP contribution in [0, 0.1) is 0 Å². The van der Waals surface area contributed by atoms with Crippen molar-refractivity contribution in [2.75, 3.05) is 0 Å². The number of nitrogens with one attached hydrogen (secondary N) is 1. The van der Waals surface area contributed by atoms with Gasteiger partial charge in [0.15, 0.2) is 10.8 Å². The molecule has 10 heavy (non-hydrogen) atoms. The number of nitrogens with two attached hydrogens (primary N) is 1. The lowest BCUT2D eigenvalue weighted by Crippen LogP contribution is -2.47. The Morgan fingerprint density at radius 1 is 1.90 bits per heavy atom. The summed E-state index contributed by atoms with van der Waals surface area (Å²) in [6.45, 7) is 1.90. The molecule has 3 N–H and O–H groups in total. The van der Waals surface area contributed by atoms with Crippen LogP contribution in [0.25, 0.3) is 0 Å². The Hall–Kier alpha value is -0.770. The van der Waals surface area contributed by atoms with Crippen LogP contribution >= 0.6 is 12.2 Å². The second-order valence-corrected chi connectivity index (χ2v) is 2.85. The standard InChI is InChI=1S/C6H10N2OS/c1-6(8-5(7)10)3-2-4-9-6/h2,4H,3H2,1H3,(H3,7,8,10). The van der Waals surface area contributed by atoms with Crippen molar-refractivity contribution in [2.45, 2.75) is 19.1 Å². The first kappa shape index (κ1) is 7.34. The number of thiocarbonyl (C=S) groups is 1. The highest BCUT2D eigenvalue weighted by atomic mass is 32.1. The van der Waals surface area contributed by atoms with Gasteiger partial charge in [-0.25, -0.2) is 0 Å². The van der Waals surface area contributed by atoms with E-state index in [4.69, 9.17) is 10.5 Å². The maximum atomic E-state index is 5.27. The van der Waals surface area contributed by atoms with Crippen LogP contribution in [0.15, 0.2) is 12.3 Å². The predicted octanol–water partition coefficient (Wildman–Crippen LogP) is 0.470. The second-order valence-electron chi connectivity index (χ2n) is 2.41. The SMILES string of the molecule is CC1(NC(N)=S)CC=CO1. The fraction of sp³-hybridized carbons (Fsp3) is 0.500. The lowest BCUT2D eigenvalue weighted by atomic mass is 10.2. The Morgan fingerprint density at radius 3 is 3.00 bits per heavy atom. The lowest BCUT2D eigenvalue weighted by molar-refractivity contribution is 0.0491. The third-order valence-electron chi connectivity index (χ3n) is 1.32. The molecule has 1 unspecified atom stereocenters. The maximum absolute atomic E-state index is 5.27. The molecule has 1 aliphatic rings. The van der Waals surface area contributed by atoms with Crippen LogP contribution in [0.3, 0.4) is 0 Å². The first-order valence-corrected chi connectivity index (χ1v) is 3.44. The molecule has 0 saturated heterocycles. The Kier molecular flexibility index (Phi) is 1.80. The zero-order valence-corrected chi connectivity index (χ0v) is 6.57. The van der Waals surface area contributed by atoms with E-state index in [0.717, 1.165) is 6.42 Å². The van der Waals surface area contributed by atoms with Crippen molar-refractivity contribution < 1.29 is 4.74 Å². The van der Waals surface area contributed by atoms with E-state index in [1.807, 2.05) is 13.0 Å². The van der Waals surface area contributed by atoms with Crippen molar-refractivity contribution in [1.29, 1.82) is 0 Å². The van der Waals surface area contributed by atoms with Crippen molar-refractivity contribution in [3.8, 4) is 0 Å². The third-order valence-corrected chi connectivity index (χ3v) is 1.42. The van der Waals surface area contributed by atoms with Crippen molar-refractivity contribution in [2.24, 2.45) is 5.73 Å². The normalized spacial score (nSPS) is 29.7. The predicted molar refractivity (Wildman–Crippen MR) is 43.2 cm³/mol. The molecule has 3 nitrogen and oxygen atoms in total. The summed E-state index contributed by atoms with van der Waals surface area (Å²) < 4.78 is 5.19. The molecular weight excluding hydrogens is 148 g/mol.